The lowest BCUT2D eigenvalue weighted by Gasteiger charge is -2.32. The summed E-state index contributed by atoms with van der Waals surface area (Å²) in [7, 11) is 0. The Bertz CT molecular complexity index is 1100. The summed E-state index contributed by atoms with van der Waals surface area (Å²) in [5.74, 6) is -1.13. The zero-order valence-corrected chi connectivity index (χ0v) is 20.4. The molecule has 0 aliphatic carbocycles. The molecule has 6 heteroatoms. The number of hydrogen-bond acceptors (Lipinski definition) is 3. The molecule has 0 aliphatic rings. The van der Waals surface area contributed by atoms with Crippen molar-refractivity contribution in [1.29, 1.82) is 0 Å². The molecule has 0 radical (unpaired) electrons. The fraction of sp³-hybridized carbons (Fsp3) is 0.310. The minimum Gasteiger partial charge on any atom is -0.481 e. The molecule has 0 aromatic heterocycles. The maximum Gasteiger partial charge on any atom is 0.261 e. The number of nitrogens with zero attached hydrogens (tertiary/aromatic N) is 1. The van der Waals surface area contributed by atoms with Crippen LogP contribution in [-0.2, 0) is 22.6 Å². The van der Waals surface area contributed by atoms with Crippen LogP contribution in [0.3, 0.4) is 0 Å². The average molecular weight is 477 g/mol. The topological polar surface area (TPSA) is 58.6 Å². The third kappa shape index (κ3) is 7.67. The van der Waals surface area contributed by atoms with Crippen molar-refractivity contribution in [3.05, 3.63) is 101 Å². The van der Waals surface area contributed by atoms with Crippen molar-refractivity contribution in [3.63, 3.8) is 0 Å². The van der Waals surface area contributed by atoms with Gasteiger partial charge in [-0.05, 0) is 42.2 Å². The zero-order chi connectivity index (χ0) is 25.0. The smallest absolute Gasteiger partial charge is 0.261 e. The Morgan fingerprint density at radius 3 is 2.37 bits per heavy atom. The van der Waals surface area contributed by atoms with Gasteiger partial charge in [0.2, 0.25) is 5.91 Å². The number of unbranched alkanes of at least 4 members (excludes halogenated alkanes) is 1. The summed E-state index contributed by atoms with van der Waals surface area (Å²) in [5, 5.41) is 2.99. The molecule has 0 bridgehead atoms. The van der Waals surface area contributed by atoms with Crippen LogP contribution in [0.5, 0.6) is 5.75 Å². The van der Waals surface area contributed by atoms with E-state index >= 15 is 0 Å². The van der Waals surface area contributed by atoms with E-state index in [1.165, 1.54) is 12.1 Å². The number of rotatable bonds is 12. The fourth-order valence-corrected chi connectivity index (χ4v) is 3.82. The van der Waals surface area contributed by atoms with Crippen LogP contribution in [0.25, 0.3) is 0 Å². The van der Waals surface area contributed by atoms with Crippen LogP contribution in [0.2, 0.25) is 0 Å². The number of nitrogens with one attached hydrogen (secondary N) is 1. The molecule has 0 spiro atoms. The molecule has 0 saturated heterocycles. The van der Waals surface area contributed by atoms with Gasteiger partial charge < -0.3 is 15.0 Å². The van der Waals surface area contributed by atoms with Gasteiger partial charge in [-0.15, -0.1) is 0 Å². The van der Waals surface area contributed by atoms with Gasteiger partial charge in [-0.1, -0.05) is 80.1 Å². The Labute approximate surface area is 206 Å². The Hall–Kier alpha value is -3.67. The first-order valence-electron chi connectivity index (χ1n) is 12.0. The lowest BCUT2D eigenvalue weighted by molar-refractivity contribution is -0.142. The highest BCUT2D eigenvalue weighted by atomic mass is 19.1. The van der Waals surface area contributed by atoms with Gasteiger partial charge in [0.15, 0.2) is 18.2 Å². The zero-order valence-electron chi connectivity index (χ0n) is 20.4. The van der Waals surface area contributed by atoms with Crippen molar-refractivity contribution in [2.45, 2.75) is 45.7 Å². The average Bonchev–Trinajstić information content (AvgIpc) is 2.87. The van der Waals surface area contributed by atoms with Crippen molar-refractivity contribution in [1.82, 2.24) is 10.2 Å². The van der Waals surface area contributed by atoms with E-state index in [2.05, 4.69) is 12.2 Å². The van der Waals surface area contributed by atoms with E-state index < -0.39 is 11.9 Å². The Morgan fingerprint density at radius 1 is 0.971 bits per heavy atom. The highest BCUT2D eigenvalue weighted by Crippen LogP contribution is 2.19. The summed E-state index contributed by atoms with van der Waals surface area (Å²) in [6.45, 7) is 4.44. The van der Waals surface area contributed by atoms with Gasteiger partial charge in [-0.25, -0.2) is 4.39 Å². The van der Waals surface area contributed by atoms with E-state index in [-0.39, 0.29) is 30.7 Å². The Balaban J connectivity index is 1.90. The standard InChI is InChI=1S/C29H33FN2O3/c1-3-4-18-31-29(34)26(19-23-13-6-5-7-14-23)32(20-24-15-9-8-12-22(24)2)28(33)21-35-27-17-11-10-16-25(27)30/h5-17,26H,3-4,18-21H2,1-2H3,(H,31,34). The third-order valence-corrected chi connectivity index (χ3v) is 5.89. The molecule has 2 amide bonds. The monoisotopic (exact) mass is 476 g/mol. The molecule has 3 rings (SSSR count). The maximum absolute atomic E-state index is 14.1. The van der Waals surface area contributed by atoms with Gasteiger partial charge in [0.25, 0.3) is 5.91 Å². The number of carbonyl (C=O) groups is 2. The number of benzene rings is 3. The lowest BCUT2D eigenvalue weighted by Crippen LogP contribution is -2.52. The van der Waals surface area contributed by atoms with E-state index in [0.29, 0.717) is 13.0 Å². The predicted octanol–water partition coefficient (Wildman–Crippen LogP) is 5.07. The summed E-state index contributed by atoms with van der Waals surface area (Å²) in [6.07, 6.45) is 2.16. The molecular formula is C29H33FN2O3. The minimum absolute atomic E-state index is 0.00342. The SMILES string of the molecule is CCCCNC(=O)C(Cc1ccccc1)N(Cc1ccccc1C)C(=O)COc1ccccc1F. The van der Waals surface area contributed by atoms with Gasteiger partial charge in [0.05, 0.1) is 0 Å². The van der Waals surface area contributed by atoms with Crippen LogP contribution in [0.15, 0.2) is 78.9 Å². The molecule has 3 aromatic rings. The normalized spacial score (nSPS) is 11.5. The molecule has 0 aliphatic heterocycles. The first-order valence-corrected chi connectivity index (χ1v) is 12.0. The quantitative estimate of drug-likeness (QED) is 0.372. The van der Waals surface area contributed by atoms with E-state index in [4.69, 9.17) is 4.74 Å². The molecule has 5 nitrogen and oxygen atoms in total. The Morgan fingerprint density at radius 2 is 1.66 bits per heavy atom. The predicted molar refractivity (Wildman–Crippen MR) is 135 cm³/mol. The van der Waals surface area contributed by atoms with Gasteiger partial charge in [-0.3, -0.25) is 9.59 Å². The summed E-state index contributed by atoms with van der Waals surface area (Å²) in [6, 6.07) is 22.6. The second kappa shape index (κ2) is 13.3. The number of para-hydroxylation sites is 1. The molecule has 0 saturated carbocycles. The number of halogens is 1. The van der Waals surface area contributed by atoms with E-state index in [9.17, 15) is 14.0 Å². The van der Waals surface area contributed by atoms with Crippen LogP contribution in [-0.4, -0.2) is 35.9 Å². The van der Waals surface area contributed by atoms with E-state index in [1.807, 2.05) is 61.5 Å². The lowest BCUT2D eigenvalue weighted by atomic mass is 10.0. The summed E-state index contributed by atoms with van der Waals surface area (Å²) < 4.78 is 19.6. The molecule has 3 aromatic carbocycles. The van der Waals surface area contributed by atoms with Crippen molar-refractivity contribution in [3.8, 4) is 5.75 Å². The summed E-state index contributed by atoms with van der Waals surface area (Å²) in [5.41, 5.74) is 2.90. The van der Waals surface area contributed by atoms with Gasteiger partial charge in [0.1, 0.15) is 6.04 Å². The third-order valence-electron chi connectivity index (χ3n) is 5.89. The molecule has 1 atom stereocenters. The van der Waals surface area contributed by atoms with Crippen LogP contribution in [0.1, 0.15) is 36.5 Å². The molecule has 35 heavy (non-hydrogen) atoms. The van der Waals surface area contributed by atoms with Crippen molar-refractivity contribution in [2.75, 3.05) is 13.2 Å². The molecule has 0 heterocycles. The van der Waals surface area contributed by atoms with E-state index in [0.717, 1.165) is 29.5 Å². The maximum atomic E-state index is 14.1. The number of ether oxygens (including phenoxy) is 1. The molecule has 184 valence electrons. The number of amides is 2. The molecule has 1 N–H and O–H groups in total. The van der Waals surface area contributed by atoms with Crippen molar-refractivity contribution >= 4 is 11.8 Å². The minimum atomic E-state index is -0.745. The Kier molecular flexibility index (Phi) is 9.84. The van der Waals surface area contributed by atoms with Crippen LogP contribution in [0, 0.1) is 12.7 Å². The van der Waals surface area contributed by atoms with Crippen LogP contribution >= 0.6 is 0 Å². The second-order valence-electron chi connectivity index (χ2n) is 8.52. The first kappa shape index (κ1) is 25.9. The van der Waals surface area contributed by atoms with E-state index in [1.54, 1.807) is 17.0 Å². The highest BCUT2D eigenvalue weighted by molar-refractivity contribution is 5.88. The van der Waals surface area contributed by atoms with Crippen LogP contribution < -0.4 is 10.1 Å². The largest absolute Gasteiger partial charge is 0.481 e. The highest BCUT2D eigenvalue weighted by Gasteiger charge is 2.31. The first-order chi connectivity index (χ1) is 17.0. The second-order valence-corrected chi connectivity index (χ2v) is 8.52. The molecule has 1 unspecified atom stereocenters. The number of hydrogen-bond donors (Lipinski definition) is 1. The summed E-state index contributed by atoms with van der Waals surface area (Å²) >= 11 is 0. The van der Waals surface area contributed by atoms with Crippen molar-refractivity contribution in [2.24, 2.45) is 0 Å². The summed E-state index contributed by atoms with van der Waals surface area (Å²) in [4.78, 5) is 28.4. The molecular weight excluding hydrogens is 443 g/mol. The van der Waals surface area contributed by atoms with Crippen LogP contribution in [0.4, 0.5) is 4.39 Å². The number of aryl methyl sites for hydroxylation is 1. The number of carbonyl (C=O) groups excluding carboxylic acids is 2. The fourth-order valence-electron chi connectivity index (χ4n) is 3.82. The molecule has 0 fully saturated rings. The van der Waals surface area contributed by atoms with Gasteiger partial charge in [-0.2, -0.15) is 0 Å². The van der Waals surface area contributed by atoms with Gasteiger partial charge >= 0.3 is 0 Å². The van der Waals surface area contributed by atoms with Crippen molar-refractivity contribution < 1.29 is 18.7 Å². The van der Waals surface area contributed by atoms with Gasteiger partial charge in [0, 0.05) is 19.5 Å².